The van der Waals surface area contributed by atoms with E-state index in [0.717, 1.165) is 29.6 Å². The van der Waals surface area contributed by atoms with Gasteiger partial charge in [0.2, 0.25) is 0 Å². The van der Waals surface area contributed by atoms with Crippen molar-refractivity contribution in [2.75, 3.05) is 27.2 Å². The summed E-state index contributed by atoms with van der Waals surface area (Å²) in [6, 6.07) is 10.2. The molecule has 0 aliphatic carbocycles. The quantitative estimate of drug-likeness (QED) is 0.599. The summed E-state index contributed by atoms with van der Waals surface area (Å²) >= 11 is 0. The molecule has 6 heteroatoms. The molecule has 136 valence electrons. The normalized spacial score (nSPS) is 12.3. The molecule has 2 rings (SSSR count). The molecule has 0 spiro atoms. The number of rotatable bonds is 7. The smallest absolute Gasteiger partial charge is 0.194 e. The minimum absolute atomic E-state index is 0.285. The van der Waals surface area contributed by atoms with Crippen LogP contribution < -0.4 is 5.32 Å². The minimum atomic E-state index is -0.285. The van der Waals surface area contributed by atoms with E-state index in [1.165, 1.54) is 0 Å². The molecule has 0 radical (unpaired) electrons. The van der Waals surface area contributed by atoms with Crippen molar-refractivity contribution in [1.82, 2.24) is 20.2 Å². The number of nitrogens with one attached hydrogen (secondary N) is 2. The number of hydrogen-bond acceptors (Lipinski definition) is 3. The first-order chi connectivity index (χ1) is 11.9. The van der Waals surface area contributed by atoms with Gasteiger partial charge < -0.3 is 19.9 Å². The number of imidazole rings is 1. The molecular formula is C19H29N5O. The Labute approximate surface area is 150 Å². The highest BCUT2D eigenvalue weighted by atomic mass is 16.5. The van der Waals surface area contributed by atoms with Crippen molar-refractivity contribution in [3.05, 3.63) is 42.4 Å². The molecule has 0 atom stereocenters. The molecule has 1 aromatic carbocycles. The van der Waals surface area contributed by atoms with Crippen molar-refractivity contribution < 1.29 is 4.74 Å². The van der Waals surface area contributed by atoms with Gasteiger partial charge in [0.15, 0.2) is 5.96 Å². The molecule has 2 N–H and O–H groups in total. The van der Waals surface area contributed by atoms with Gasteiger partial charge in [-0.1, -0.05) is 30.3 Å². The number of benzene rings is 1. The van der Waals surface area contributed by atoms with Crippen molar-refractivity contribution in [1.29, 1.82) is 0 Å². The Kier molecular flexibility index (Phi) is 6.58. The van der Waals surface area contributed by atoms with E-state index >= 15 is 0 Å². The number of hydrogen-bond donors (Lipinski definition) is 2. The lowest BCUT2D eigenvalue weighted by atomic mass is 10.1. The van der Waals surface area contributed by atoms with Gasteiger partial charge in [0.1, 0.15) is 5.82 Å². The second-order valence-corrected chi connectivity index (χ2v) is 6.60. The first-order valence-electron chi connectivity index (χ1n) is 8.59. The highest BCUT2D eigenvalue weighted by molar-refractivity contribution is 5.79. The Morgan fingerprint density at radius 2 is 2.04 bits per heavy atom. The molecule has 25 heavy (non-hydrogen) atoms. The molecule has 6 nitrogen and oxygen atoms in total. The van der Waals surface area contributed by atoms with Crippen molar-refractivity contribution in [3.63, 3.8) is 0 Å². The number of H-pyrrole nitrogens is 1. The van der Waals surface area contributed by atoms with Gasteiger partial charge in [0, 0.05) is 20.7 Å². The minimum Gasteiger partial charge on any atom is -0.377 e. The van der Waals surface area contributed by atoms with Gasteiger partial charge in [-0.2, -0.15) is 0 Å². The van der Waals surface area contributed by atoms with Gasteiger partial charge in [-0.15, -0.1) is 0 Å². The van der Waals surface area contributed by atoms with Crippen molar-refractivity contribution in [3.8, 4) is 11.3 Å². The van der Waals surface area contributed by atoms with Crippen LogP contribution in [0.2, 0.25) is 0 Å². The van der Waals surface area contributed by atoms with E-state index < -0.39 is 0 Å². The Bertz CT molecular complexity index is 678. The second kappa shape index (κ2) is 8.67. The first kappa shape index (κ1) is 19.0. The lowest BCUT2D eigenvalue weighted by molar-refractivity contribution is 0.0309. The summed E-state index contributed by atoms with van der Waals surface area (Å²) < 4.78 is 5.44. The maximum atomic E-state index is 5.44. The average Bonchev–Trinajstić information content (AvgIpc) is 3.07. The SMILES string of the molecule is CCNC(=NCC(C)(C)OC)N(C)Cc1ncc(-c2ccccc2)[nH]1. The van der Waals surface area contributed by atoms with Gasteiger partial charge in [-0.3, -0.25) is 4.99 Å². The van der Waals surface area contributed by atoms with E-state index in [-0.39, 0.29) is 5.60 Å². The zero-order valence-electron chi connectivity index (χ0n) is 15.8. The lowest BCUT2D eigenvalue weighted by Crippen LogP contribution is -2.40. The average molecular weight is 343 g/mol. The molecular weight excluding hydrogens is 314 g/mol. The number of aliphatic imine (C=N–C) groups is 1. The van der Waals surface area contributed by atoms with E-state index in [0.29, 0.717) is 13.1 Å². The van der Waals surface area contributed by atoms with Crippen LogP contribution in [-0.2, 0) is 11.3 Å². The number of aromatic nitrogens is 2. The molecule has 1 heterocycles. The van der Waals surface area contributed by atoms with Crippen LogP contribution in [0.1, 0.15) is 26.6 Å². The van der Waals surface area contributed by atoms with Crippen molar-refractivity contribution in [2.45, 2.75) is 32.9 Å². The van der Waals surface area contributed by atoms with Gasteiger partial charge in [0.05, 0.1) is 30.6 Å². The molecule has 0 fully saturated rings. The topological polar surface area (TPSA) is 65.5 Å². The molecule has 0 unspecified atom stereocenters. The Balaban J connectivity index is 2.07. The number of methoxy groups -OCH3 is 1. The molecule has 1 aromatic heterocycles. The van der Waals surface area contributed by atoms with Crippen LogP contribution in [0.4, 0.5) is 0 Å². The fourth-order valence-corrected chi connectivity index (χ4v) is 2.31. The van der Waals surface area contributed by atoms with Crippen LogP contribution in [0.5, 0.6) is 0 Å². The molecule has 0 bridgehead atoms. The summed E-state index contributed by atoms with van der Waals surface area (Å²) in [4.78, 5) is 14.6. The zero-order chi connectivity index (χ0) is 18.3. The zero-order valence-corrected chi connectivity index (χ0v) is 15.8. The van der Waals surface area contributed by atoms with Crippen LogP contribution in [0.3, 0.4) is 0 Å². The van der Waals surface area contributed by atoms with Gasteiger partial charge in [-0.05, 0) is 26.3 Å². The highest BCUT2D eigenvalue weighted by Crippen LogP contribution is 2.16. The van der Waals surface area contributed by atoms with E-state index in [9.17, 15) is 0 Å². The second-order valence-electron chi connectivity index (χ2n) is 6.60. The van der Waals surface area contributed by atoms with E-state index in [1.807, 2.05) is 45.3 Å². The van der Waals surface area contributed by atoms with Crippen LogP contribution in [0.25, 0.3) is 11.3 Å². The number of guanidine groups is 1. The van der Waals surface area contributed by atoms with Gasteiger partial charge >= 0.3 is 0 Å². The predicted molar refractivity (Wildman–Crippen MR) is 103 cm³/mol. The van der Waals surface area contributed by atoms with Gasteiger partial charge in [0.25, 0.3) is 0 Å². The standard InChI is InChI=1S/C19H29N5O/c1-6-20-18(22-14-19(2,3)25-5)24(4)13-17-21-12-16(23-17)15-10-8-7-9-11-15/h7-12H,6,13-14H2,1-5H3,(H,20,22)(H,21,23). The van der Waals surface area contributed by atoms with Crippen LogP contribution in [0.15, 0.2) is 41.5 Å². The Morgan fingerprint density at radius 3 is 2.68 bits per heavy atom. The van der Waals surface area contributed by atoms with E-state index in [1.54, 1.807) is 7.11 Å². The third kappa shape index (κ3) is 5.60. The largest absolute Gasteiger partial charge is 0.377 e. The summed E-state index contributed by atoms with van der Waals surface area (Å²) in [7, 11) is 3.71. The maximum Gasteiger partial charge on any atom is 0.194 e. The summed E-state index contributed by atoms with van der Waals surface area (Å²) in [5.41, 5.74) is 1.87. The van der Waals surface area contributed by atoms with Crippen molar-refractivity contribution in [2.24, 2.45) is 4.99 Å². The molecule has 0 saturated heterocycles. The van der Waals surface area contributed by atoms with Crippen LogP contribution in [0, 0.1) is 0 Å². The highest BCUT2D eigenvalue weighted by Gasteiger charge is 2.17. The van der Waals surface area contributed by atoms with Crippen LogP contribution >= 0.6 is 0 Å². The number of aromatic amines is 1. The van der Waals surface area contributed by atoms with Crippen LogP contribution in [-0.4, -0.2) is 53.7 Å². The summed E-state index contributed by atoms with van der Waals surface area (Å²) in [6.45, 7) is 8.16. The van der Waals surface area contributed by atoms with Gasteiger partial charge in [-0.25, -0.2) is 4.98 Å². The third-order valence-electron chi connectivity index (χ3n) is 3.96. The first-order valence-corrected chi connectivity index (χ1v) is 8.59. The fourth-order valence-electron chi connectivity index (χ4n) is 2.31. The fraction of sp³-hybridized carbons (Fsp3) is 0.474. The van der Waals surface area contributed by atoms with E-state index in [2.05, 4.69) is 44.2 Å². The summed E-state index contributed by atoms with van der Waals surface area (Å²) in [5.74, 6) is 1.74. The van der Waals surface area contributed by atoms with Crippen molar-refractivity contribution >= 4 is 5.96 Å². The Hall–Kier alpha value is -2.34. The molecule has 0 amide bonds. The summed E-state index contributed by atoms with van der Waals surface area (Å²) in [5, 5.41) is 3.32. The Morgan fingerprint density at radius 1 is 1.32 bits per heavy atom. The maximum absolute atomic E-state index is 5.44. The molecule has 0 aliphatic heterocycles. The lowest BCUT2D eigenvalue weighted by Gasteiger charge is -2.24. The molecule has 0 saturated carbocycles. The third-order valence-corrected chi connectivity index (χ3v) is 3.96. The number of ether oxygens (including phenoxy) is 1. The van der Waals surface area contributed by atoms with E-state index in [4.69, 9.17) is 4.74 Å². The number of nitrogens with zero attached hydrogens (tertiary/aromatic N) is 3. The molecule has 0 aliphatic rings. The monoisotopic (exact) mass is 343 g/mol. The summed E-state index contributed by atoms with van der Waals surface area (Å²) in [6.07, 6.45) is 1.87. The molecule has 2 aromatic rings. The predicted octanol–water partition coefficient (Wildman–Crippen LogP) is 2.90.